The molecule has 20 heavy (non-hydrogen) atoms. The molecule has 0 radical (unpaired) electrons. The van der Waals surface area contributed by atoms with Crippen LogP contribution in [-0.2, 0) is 10.3 Å². The zero-order valence-corrected chi connectivity index (χ0v) is 11.1. The fourth-order valence-electron chi connectivity index (χ4n) is 2.05. The monoisotopic (exact) mass is 272 g/mol. The van der Waals surface area contributed by atoms with Crippen LogP contribution >= 0.6 is 0 Å². The molecule has 1 amide bonds. The number of hydrogen-bond donors (Lipinski definition) is 3. The second-order valence-corrected chi connectivity index (χ2v) is 5.15. The highest BCUT2D eigenvalue weighted by atomic mass is 16.2. The minimum Gasteiger partial charge on any atom is -0.344 e. The smallest absolute Gasteiger partial charge is 0.237 e. The van der Waals surface area contributed by atoms with Crippen molar-refractivity contribution in [2.75, 3.05) is 0 Å². The van der Waals surface area contributed by atoms with E-state index in [4.69, 9.17) is 5.73 Å². The molecule has 1 aliphatic carbocycles. The van der Waals surface area contributed by atoms with E-state index >= 15 is 0 Å². The summed E-state index contributed by atoms with van der Waals surface area (Å²) in [7, 11) is 0. The third-order valence-corrected chi connectivity index (χ3v) is 3.47. The van der Waals surface area contributed by atoms with E-state index in [0.717, 1.165) is 29.8 Å². The van der Waals surface area contributed by atoms with Crippen LogP contribution in [0, 0.1) is 0 Å². The second kappa shape index (κ2) is 4.68. The van der Waals surface area contributed by atoms with Gasteiger partial charge in [0.2, 0.25) is 5.91 Å². The Hall–Kier alpha value is -2.28. The SMILES string of the molecule is CC(N)C(=O)NC1(c2ccc(-c3cn[nH]c3)nn2)CC1. The molecule has 1 aliphatic rings. The third-order valence-electron chi connectivity index (χ3n) is 3.47. The van der Waals surface area contributed by atoms with Crippen LogP contribution in [0.1, 0.15) is 25.5 Å². The first-order valence-electron chi connectivity index (χ1n) is 6.52. The minimum atomic E-state index is -0.523. The summed E-state index contributed by atoms with van der Waals surface area (Å²) >= 11 is 0. The molecule has 0 aliphatic heterocycles. The number of nitrogens with one attached hydrogen (secondary N) is 2. The topological polar surface area (TPSA) is 110 Å². The second-order valence-electron chi connectivity index (χ2n) is 5.15. The molecule has 1 saturated carbocycles. The van der Waals surface area contributed by atoms with Gasteiger partial charge in [-0.15, -0.1) is 0 Å². The predicted molar refractivity (Wildman–Crippen MR) is 72.3 cm³/mol. The number of carbonyl (C=O) groups is 1. The summed E-state index contributed by atoms with van der Waals surface area (Å²) in [5, 5.41) is 18.0. The fourth-order valence-corrected chi connectivity index (χ4v) is 2.05. The Bertz CT molecular complexity index is 600. The molecule has 0 aromatic carbocycles. The quantitative estimate of drug-likeness (QED) is 0.742. The summed E-state index contributed by atoms with van der Waals surface area (Å²) < 4.78 is 0. The van der Waals surface area contributed by atoms with Gasteiger partial charge in [-0.1, -0.05) is 0 Å². The summed E-state index contributed by atoms with van der Waals surface area (Å²) in [6, 6.07) is 3.25. The first-order valence-corrected chi connectivity index (χ1v) is 6.52. The maximum absolute atomic E-state index is 11.7. The van der Waals surface area contributed by atoms with E-state index in [0.29, 0.717) is 0 Å². The average Bonchev–Trinajstić information content (AvgIpc) is 3.02. The predicted octanol–water partition coefficient (Wildman–Crippen LogP) is 0.319. The van der Waals surface area contributed by atoms with Gasteiger partial charge in [-0.05, 0) is 31.9 Å². The van der Waals surface area contributed by atoms with Crippen molar-refractivity contribution >= 4 is 5.91 Å². The summed E-state index contributed by atoms with van der Waals surface area (Å²) in [4.78, 5) is 11.7. The molecule has 2 heterocycles. The van der Waals surface area contributed by atoms with E-state index in [1.165, 1.54) is 0 Å². The van der Waals surface area contributed by atoms with Gasteiger partial charge in [0.25, 0.3) is 0 Å². The van der Waals surface area contributed by atoms with Crippen molar-refractivity contribution in [3.8, 4) is 11.3 Å². The molecule has 2 aromatic heterocycles. The van der Waals surface area contributed by atoms with Crippen LogP contribution in [0.4, 0.5) is 0 Å². The van der Waals surface area contributed by atoms with Gasteiger partial charge >= 0.3 is 0 Å². The first-order chi connectivity index (χ1) is 9.61. The van der Waals surface area contributed by atoms with Crippen molar-refractivity contribution in [1.82, 2.24) is 25.7 Å². The average molecular weight is 272 g/mol. The normalized spacial score (nSPS) is 17.5. The van der Waals surface area contributed by atoms with Crippen LogP contribution in [0.3, 0.4) is 0 Å². The van der Waals surface area contributed by atoms with Crippen molar-refractivity contribution in [3.63, 3.8) is 0 Å². The number of nitrogens with two attached hydrogens (primary N) is 1. The number of aromatic nitrogens is 4. The molecule has 0 bridgehead atoms. The third kappa shape index (κ3) is 2.27. The van der Waals surface area contributed by atoms with Gasteiger partial charge < -0.3 is 11.1 Å². The molecule has 7 heteroatoms. The Balaban J connectivity index is 1.79. The van der Waals surface area contributed by atoms with E-state index < -0.39 is 6.04 Å². The highest BCUT2D eigenvalue weighted by molar-refractivity contribution is 5.82. The summed E-state index contributed by atoms with van der Waals surface area (Å²) in [6.07, 6.45) is 5.18. The molecule has 3 rings (SSSR count). The Morgan fingerprint density at radius 1 is 1.45 bits per heavy atom. The van der Waals surface area contributed by atoms with Crippen molar-refractivity contribution in [2.45, 2.75) is 31.3 Å². The van der Waals surface area contributed by atoms with E-state index in [-0.39, 0.29) is 11.4 Å². The molecule has 1 unspecified atom stereocenters. The fraction of sp³-hybridized carbons (Fsp3) is 0.385. The van der Waals surface area contributed by atoms with Gasteiger partial charge in [-0.2, -0.15) is 15.3 Å². The van der Waals surface area contributed by atoms with Gasteiger partial charge in [-0.3, -0.25) is 9.89 Å². The number of carbonyl (C=O) groups excluding carboxylic acids is 1. The minimum absolute atomic E-state index is 0.164. The van der Waals surface area contributed by atoms with Crippen molar-refractivity contribution in [3.05, 3.63) is 30.2 Å². The number of rotatable bonds is 4. The molecule has 7 nitrogen and oxygen atoms in total. The number of aromatic amines is 1. The number of hydrogen-bond acceptors (Lipinski definition) is 5. The lowest BCUT2D eigenvalue weighted by atomic mass is 10.1. The van der Waals surface area contributed by atoms with E-state index in [1.54, 1.807) is 19.3 Å². The number of H-pyrrole nitrogens is 1. The number of amides is 1. The largest absolute Gasteiger partial charge is 0.344 e. The molecule has 1 fully saturated rings. The van der Waals surface area contributed by atoms with Crippen LogP contribution in [0.2, 0.25) is 0 Å². The van der Waals surface area contributed by atoms with Crippen molar-refractivity contribution < 1.29 is 4.79 Å². The highest BCUT2D eigenvalue weighted by Crippen LogP contribution is 2.44. The first kappa shape index (κ1) is 12.7. The van der Waals surface area contributed by atoms with Gasteiger partial charge in [0.05, 0.1) is 29.2 Å². The Morgan fingerprint density at radius 3 is 2.75 bits per heavy atom. The maximum atomic E-state index is 11.7. The zero-order chi connectivity index (χ0) is 14.2. The molecular formula is C13H16N6O. The lowest BCUT2D eigenvalue weighted by Gasteiger charge is -2.18. The number of nitrogens with zero attached hydrogens (tertiary/aromatic N) is 3. The van der Waals surface area contributed by atoms with Crippen LogP contribution in [0.25, 0.3) is 11.3 Å². The molecular weight excluding hydrogens is 256 g/mol. The van der Waals surface area contributed by atoms with E-state index in [2.05, 4.69) is 25.7 Å². The molecule has 0 saturated heterocycles. The van der Waals surface area contributed by atoms with Crippen LogP contribution in [-0.4, -0.2) is 32.3 Å². The Kier molecular flexibility index (Phi) is 2.98. The van der Waals surface area contributed by atoms with E-state index in [1.807, 2.05) is 12.1 Å². The Labute approximate surface area is 116 Å². The van der Waals surface area contributed by atoms with Gasteiger partial charge in [0.15, 0.2) is 0 Å². The van der Waals surface area contributed by atoms with E-state index in [9.17, 15) is 4.79 Å². The van der Waals surface area contributed by atoms with Crippen molar-refractivity contribution in [1.29, 1.82) is 0 Å². The molecule has 1 atom stereocenters. The van der Waals surface area contributed by atoms with Crippen LogP contribution in [0.5, 0.6) is 0 Å². The molecule has 2 aromatic rings. The van der Waals surface area contributed by atoms with Gasteiger partial charge in [-0.25, -0.2) is 0 Å². The molecule has 4 N–H and O–H groups in total. The lowest BCUT2D eigenvalue weighted by molar-refractivity contribution is -0.123. The van der Waals surface area contributed by atoms with Crippen LogP contribution in [0.15, 0.2) is 24.5 Å². The standard InChI is InChI=1S/C13H16N6O/c1-8(14)12(20)17-13(4-5-13)11-3-2-10(18-19-11)9-6-15-16-7-9/h2-3,6-8H,4-5,14H2,1H3,(H,15,16)(H,17,20). The zero-order valence-electron chi connectivity index (χ0n) is 11.1. The van der Waals surface area contributed by atoms with Gasteiger partial charge in [0.1, 0.15) is 0 Å². The summed E-state index contributed by atoms with van der Waals surface area (Å²) in [5.74, 6) is -0.164. The maximum Gasteiger partial charge on any atom is 0.237 e. The Morgan fingerprint density at radius 2 is 2.25 bits per heavy atom. The lowest BCUT2D eigenvalue weighted by Crippen LogP contribution is -2.44. The summed E-state index contributed by atoms with van der Waals surface area (Å²) in [5.41, 5.74) is 7.60. The van der Waals surface area contributed by atoms with Crippen LogP contribution < -0.4 is 11.1 Å². The summed E-state index contributed by atoms with van der Waals surface area (Å²) in [6.45, 7) is 1.67. The highest BCUT2D eigenvalue weighted by Gasteiger charge is 2.47. The molecule has 0 spiro atoms. The van der Waals surface area contributed by atoms with Gasteiger partial charge in [0, 0.05) is 11.8 Å². The van der Waals surface area contributed by atoms with Crippen molar-refractivity contribution in [2.24, 2.45) is 5.73 Å². The molecule has 104 valence electrons.